The summed E-state index contributed by atoms with van der Waals surface area (Å²) in [6.07, 6.45) is 3.71. The molecule has 0 N–H and O–H groups in total. The molecule has 0 bridgehead atoms. The van der Waals surface area contributed by atoms with Crippen LogP contribution in [-0.4, -0.2) is 55.7 Å². The van der Waals surface area contributed by atoms with Crippen molar-refractivity contribution in [2.75, 3.05) is 44.9 Å². The second-order valence-corrected chi connectivity index (χ2v) is 9.39. The van der Waals surface area contributed by atoms with Crippen LogP contribution in [0.4, 0.5) is 10.2 Å². The van der Waals surface area contributed by atoms with E-state index in [1.54, 1.807) is 19.2 Å². The lowest BCUT2D eigenvalue weighted by molar-refractivity contribution is -0.138. The van der Waals surface area contributed by atoms with E-state index in [1.807, 2.05) is 23.1 Å². The Morgan fingerprint density at radius 1 is 1.14 bits per heavy atom. The number of carbonyl (C=O) groups is 1. The van der Waals surface area contributed by atoms with Gasteiger partial charge in [0.2, 0.25) is 5.91 Å². The van der Waals surface area contributed by atoms with E-state index < -0.39 is 0 Å². The molecule has 35 heavy (non-hydrogen) atoms. The molecule has 0 atom stereocenters. The van der Waals surface area contributed by atoms with Crippen LogP contribution in [0.15, 0.2) is 48.5 Å². The first kappa shape index (κ1) is 23.5. The van der Waals surface area contributed by atoms with Gasteiger partial charge in [-0.1, -0.05) is 18.6 Å². The SMILES string of the molecule is COc1ccc2cc(CN(CCc3ccc(F)cc3)C(=O)C3CCC3)c(N3CCOCC3)nc2c1. The summed E-state index contributed by atoms with van der Waals surface area (Å²) in [4.78, 5) is 22.7. The van der Waals surface area contributed by atoms with Crippen molar-refractivity contribution in [1.82, 2.24) is 9.88 Å². The molecule has 3 aromatic rings. The number of carbonyl (C=O) groups excluding carboxylic acids is 1. The molecule has 5 rings (SSSR count). The van der Waals surface area contributed by atoms with Gasteiger partial charge in [-0.3, -0.25) is 4.79 Å². The highest BCUT2D eigenvalue weighted by atomic mass is 19.1. The molecule has 1 aliphatic heterocycles. The lowest BCUT2D eigenvalue weighted by atomic mass is 9.84. The lowest BCUT2D eigenvalue weighted by Gasteiger charge is -2.34. The van der Waals surface area contributed by atoms with Crippen molar-refractivity contribution in [3.8, 4) is 5.75 Å². The first-order valence-electron chi connectivity index (χ1n) is 12.4. The Balaban J connectivity index is 1.46. The Morgan fingerprint density at radius 3 is 2.60 bits per heavy atom. The van der Waals surface area contributed by atoms with E-state index in [1.165, 1.54) is 12.1 Å². The van der Waals surface area contributed by atoms with Crippen LogP contribution >= 0.6 is 0 Å². The van der Waals surface area contributed by atoms with Gasteiger partial charge in [0.25, 0.3) is 0 Å². The first-order valence-corrected chi connectivity index (χ1v) is 12.4. The summed E-state index contributed by atoms with van der Waals surface area (Å²) in [6, 6.07) is 14.6. The van der Waals surface area contributed by atoms with E-state index in [-0.39, 0.29) is 17.6 Å². The molecule has 6 nitrogen and oxygen atoms in total. The molecule has 7 heteroatoms. The summed E-state index contributed by atoms with van der Waals surface area (Å²) in [6.45, 7) is 3.94. The van der Waals surface area contributed by atoms with Crippen molar-refractivity contribution in [2.45, 2.75) is 32.2 Å². The minimum atomic E-state index is -0.245. The van der Waals surface area contributed by atoms with Crippen LogP contribution in [-0.2, 0) is 22.5 Å². The minimum Gasteiger partial charge on any atom is -0.497 e. The Hall–Kier alpha value is -3.19. The maximum atomic E-state index is 13.4. The van der Waals surface area contributed by atoms with Crippen molar-refractivity contribution >= 4 is 22.6 Å². The van der Waals surface area contributed by atoms with E-state index in [0.29, 0.717) is 32.7 Å². The van der Waals surface area contributed by atoms with Crippen LogP contribution in [0, 0.1) is 11.7 Å². The average Bonchev–Trinajstić information content (AvgIpc) is 2.86. The van der Waals surface area contributed by atoms with Gasteiger partial charge in [-0.25, -0.2) is 9.37 Å². The number of morpholine rings is 1. The second-order valence-electron chi connectivity index (χ2n) is 9.39. The molecule has 1 aromatic heterocycles. The molecule has 2 heterocycles. The third-order valence-corrected chi connectivity index (χ3v) is 7.10. The third kappa shape index (κ3) is 5.40. The zero-order chi connectivity index (χ0) is 24.2. The predicted octanol–water partition coefficient (Wildman–Crippen LogP) is 4.59. The fourth-order valence-corrected chi connectivity index (χ4v) is 4.77. The quantitative estimate of drug-likeness (QED) is 0.475. The van der Waals surface area contributed by atoms with Crippen LogP contribution in [0.2, 0.25) is 0 Å². The number of ether oxygens (including phenoxy) is 2. The van der Waals surface area contributed by atoms with Crippen LogP contribution in [0.25, 0.3) is 10.9 Å². The molecule has 2 aliphatic rings. The lowest BCUT2D eigenvalue weighted by Crippen LogP contribution is -2.41. The highest BCUT2D eigenvalue weighted by Crippen LogP contribution is 2.31. The van der Waals surface area contributed by atoms with Crippen molar-refractivity contribution in [2.24, 2.45) is 5.92 Å². The topological polar surface area (TPSA) is 54.9 Å². The molecular weight excluding hydrogens is 445 g/mol. The van der Waals surface area contributed by atoms with E-state index in [0.717, 1.165) is 65.9 Å². The number of hydrogen-bond donors (Lipinski definition) is 0. The van der Waals surface area contributed by atoms with E-state index in [9.17, 15) is 9.18 Å². The van der Waals surface area contributed by atoms with Crippen LogP contribution in [0.5, 0.6) is 5.75 Å². The molecule has 1 aliphatic carbocycles. The largest absolute Gasteiger partial charge is 0.497 e. The average molecular weight is 478 g/mol. The first-order chi connectivity index (χ1) is 17.1. The molecule has 2 fully saturated rings. The van der Waals surface area contributed by atoms with Gasteiger partial charge in [-0.05, 0) is 55.2 Å². The minimum absolute atomic E-state index is 0.104. The van der Waals surface area contributed by atoms with Gasteiger partial charge in [-0.2, -0.15) is 0 Å². The summed E-state index contributed by atoms with van der Waals surface area (Å²) in [5.74, 6) is 1.74. The standard InChI is InChI=1S/C28H32FN3O3/c1-34-25-10-7-22-17-23(27(30-26(22)18-25)31-13-15-35-16-14-31)19-32(28(33)21-3-2-4-21)12-11-20-5-8-24(29)9-6-20/h5-10,17-18,21H,2-4,11-16,19H2,1H3. The normalized spacial score (nSPS) is 16.2. The molecule has 0 radical (unpaired) electrons. The van der Waals surface area contributed by atoms with Gasteiger partial charge in [-0.15, -0.1) is 0 Å². The number of hydrogen-bond acceptors (Lipinski definition) is 5. The number of amides is 1. The van der Waals surface area contributed by atoms with Gasteiger partial charge >= 0.3 is 0 Å². The fraction of sp³-hybridized carbons (Fsp3) is 0.429. The Bertz CT molecular complexity index is 1170. The molecule has 184 valence electrons. The molecule has 1 saturated carbocycles. The molecule has 1 amide bonds. The smallest absolute Gasteiger partial charge is 0.225 e. The van der Waals surface area contributed by atoms with Crippen molar-refractivity contribution in [3.63, 3.8) is 0 Å². The zero-order valence-corrected chi connectivity index (χ0v) is 20.2. The number of nitrogens with zero attached hydrogens (tertiary/aromatic N) is 3. The number of fused-ring (bicyclic) bond motifs is 1. The molecule has 0 spiro atoms. The Kier molecular flexibility index (Phi) is 7.13. The van der Waals surface area contributed by atoms with E-state index in [4.69, 9.17) is 14.5 Å². The van der Waals surface area contributed by atoms with Gasteiger partial charge < -0.3 is 19.3 Å². The number of methoxy groups -OCH3 is 1. The monoisotopic (exact) mass is 477 g/mol. The van der Waals surface area contributed by atoms with Crippen molar-refractivity contribution in [1.29, 1.82) is 0 Å². The second kappa shape index (κ2) is 10.6. The summed E-state index contributed by atoms with van der Waals surface area (Å²) in [5.41, 5.74) is 2.93. The summed E-state index contributed by atoms with van der Waals surface area (Å²) in [5, 5.41) is 1.02. The summed E-state index contributed by atoms with van der Waals surface area (Å²) < 4.78 is 24.3. The van der Waals surface area contributed by atoms with E-state index in [2.05, 4.69) is 11.0 Å². The van der Waals surface area contributed by atoms with Gasteiger partial charge in [0.1, 0.15) is 17.4 Å². The van der Waals surface area contributed by atoms with Crippen LogP contribution in [0.1, 0.15) is 30.4 Å². The maximum absolute atomic E-state index is 13.4. The van der Waals surface area contributed by atoms with Crippen LogP contribution < -0.4 is 9.64 Å². The Morgan fingerprint density at radius 2 is 1.91 bits per heavy atom. The molecule has 1 saturated heterocycles. The number of aromatic nitrogens is 1. The molecular formula is C28H32FN3O3. The number of rotatable bonds is 8. The highest BCUT2D eigenvalue weighted by molar-refractivity contribution is 5.84. The maximum Gasteiger partial charge on any atom is 0.225 e. The molecule has 2 aromatic carbocycles. The Labute approximate surface area is 205 Å². The summed E-state index contributed by atoms with van der Waals surface area (Å²) in [7, 11) is 1.66. The fourth-order valence-electron chi connectivity index (χ4n) is 4.77. The van der Waals surface area contributed by atoms with Gasteiger partial charge in [0, 0.05) is 49.1 Å². The number of benzene rings is 2. The van der Waals surface area contributed by atoms with Crippen LogP contribution in [0.3, 0.4) is 0 Å². The van der Waals surface area contributed by atoms with Gasteiger partial charge in [0.05, 0.1) is 25.8 Å². The van der Waals surface area contributed by atoms with Crippen molar-refractivity contribution in [3.05, 3.63) is 65.5 Å². The van der Waals surface area contributed by atoms with E-state index >= 15 is 0 Å². The third-order valence-electron chi connectivity index (χ3n) is 7.10. The number of pyridine rings is 1. The molecule has 0 unspecified atom stereocenters. The predicted molar refractivity (Wildman–Crippen MR) is 134 cm³/mol. The zero-order valence-electron chi connectivity index (χ0n) is 20.2. The number of halogens is 1. The van der Waals surface area contributed by atoms with Crippen molar-refractivity contribution < 1.29 is 18.7 Å². The highest BCUT2D eigenvalue weighted by Gasteiger charge is 2.30. The summed E-state index contributed by atoms with van der Waals surface area (Å²) >= 11 is 0. The number of anilines is 1. The van der Waals surface area contributed by atoms with Gasteiger partial charge in [0.15, 0.2) is 0 Å².